The van der Waals surface area contributed by atoms with E-state index >= 15 is 0 Å². The Kier molecular flexibility index (Phi) is 2.10. The molecule has 0 aromatic rings. The highest BCUT2D eigenvalue weighted by Gasteiger charge is 2.59. The summed E-state index contributed by atoms with van der Waals surface area (Å²) in [5.41, 5.74) is 0. The molecule has 0 aromatic carbocycles. The van der Waals surface area contributed by atoms with Gasteiger partial charge in [-0.25, -0.2) is 0 Å². The van der Waals surface area contributed by atoms with E-state index in [1.807, 2.05) is 0 Å². The van der Waals surface area contributed by atoms with Crippen molar-refractivity contribution in [2.24, 2.45) is 0 Å². The van der Waals surface area contributed by atoms with E-state index in [2.05, 4.69) is 31.6 Å². The van der Waals surface area contributed by atoms with E-state index in [4.69, 9.17) is 9.16 Å². The number of hydrogen-bond donors (Lipinski definition) is 0. The fraction of sp³-hybridized carbons (Fsp3) is 1.00. The lowest BCUT2D eigenvalue weighted by Crippen LogP contribution is -2.49. The van der Waals surface area contributed by atoms with E-state index in [0.717, 1.165) is 0 Å². The third-order valence-corrected chi connectivity index (χ3v) is 4.96. The predicted octanol–water partition coefficient (Wildman–Crippen LogP) is 1.45. The zero-order chi connectivity index (χ0) is 10.8. The summed E-state index contributed by atoms with van der Waals surface area (Å²) in [4.78, 5) is 2.50. The van der Waals surface area contributed by atoms with E-state index in [0.29, 0.717) is 30.4 Å². The van der Waals surface area contributed by atoms with Crippen molar-refractivity contribution in [3.63, 3.8) is 0 Å². The fourth-order valence-electron chi connectivity index (χ4n) is 3.44. The molecule has 3 nitrogen and oxygen atoms in total. The number of nitrogens with zero attached hydrogens (tertiary/aromatic N) is 1. The van der Waals surface area contributed by atoms with Crippen LogP contribution in [-0.2, 0) is 9.16 Å². The fourth-order valence-corrected chi connectivity index (χ4v) is 4.55. The Morgan fingerprint density at radius 3 is 2.47 bits per heavy atom. The third-order valence-electron chi connectivity index (χ3n) is 3.98. The van der Waals surface area contributed by atoms with Crippen LogP contribution >= 0.6 is 0 Å². The molecule has 86 valence electrons. The zero-order valence-corrected chi connectivity index (χ0v) is 11.1. The lowest BCUT2D eigenvalue weighted by Gasteiger charge is -2.38. The van der Waals surface area contributed by atoms with Crippen LogP contribution in [0.3, 0.4) is 0 Å². The molecular weight excluding hydrogens is 206 g/mol. The highest BCUT2D eigenvalue weighted by molar-refractivity contribution is 6.69. The first kappa shape index (κ1) is 10.3. The third kappa shape index (κ3) is 1.50. The molecule has 5 atom stereocenters. The van der Waals surface area contributed by atoms with Gasteiger partial charge in [-0.2, -0.15) is 0 Å². The van der Waals surface area contributed by atoms with E-state index in [1.54, 1.807) is 0 Å². The first-order valence-corrected chi connectivity index (χ1v) is 9.42. The molecule has 5 unspecified atom stereocenters. The highest BCUT2D eigenvalue weighted by atomic mass is 28.4. The molecule has 4 heterocycles. The topological polar surface area (TPSA) is 21.7 Å². The molecule has 4 fully saturated rings. The van der Waals surface area contributed by atoms with Crippen LogP contribution in [0.5, 0.6) is 0 Å². The maximum absolute atomic E-state index is 6.31. The molecule has 0 aromatic heterocycles. The summed E-state index contributed by atoms with van der Waals surface area (Å²) < 4.78 is 12.3. The van der Waals surface area contributed by atoms with Gasteiger partial charge in [-0.05, 0) is 39.5 Å². The molecular formula is C11H21NO2Si. The summed E-state index contributed by atoms with van der Waals surface area (Å²) in [6, 6.07) is 1.26. The van der Waals surface area contributed by atoms with Crippen LogP contribution in [0.15, 0.2) is 0 Å². The molecule has 4 saturated heterocycles. The molecule has 4 aliphatic heterocycles. The summed E-state index contributed by atoms with van der Waals surface area (Å²) in [7, 11) is 0.801. The van der Waals surface area contributed by atoms with Crippen molar-refractivity contribution in [2.45, 2.75) is 62.9 Å². The quantitative estimate of drug-likeness (QED) is 0.667. The molecule has 15 heavy (non-hydrogen) atoms. The van der Waals surface area contributed by atoms with Gasteiger partial charge in [-0.1, -0.05) is 0 Å². The maximum atomic E-state index is 6.31. The lowest BCUT2D eigenvalue weighted by molar-refractivity contribution is -0.0684. The monoisotopic (exact) mass is 227 g/mol. The number of likely N-dealkylation sites (N-methyl/N-ethyl adjacent to an activating group) is 1. The van der Waals surface area contributed by atoms with Gasteiger partial charge < -0.3 is 9.16 Å². The van der Waals surface area contributed by atoms with Crippen molar-refractivity contribution < 1.29 is 9.16 Å². The van der Waals surface area contributed by atoms with Gasteiger partial charge in [0.25, 0.3) is 0 Å². The van der Waals surface area contributed by atoms with Crippen LogP contribution in [0.25, 0.3) is 0 Å². The second kappa shape index (κ2) is 3.06. The largest absolute Gasteiger partial charge is 0.410 e. The maximum Gasteiger partial charge on any atom is 0.184 e. The summed E-state index contributed by atoms with van der Waals surface area (Å²) in [5.74, 6) is 0. The normalized spacial score (nSPS) is 49.2. The Labute approximate surface area is 92.9 Å². The van der Waals surface area contributed by atoms with Crippen molar-refractivity contribution in [1.29, 1.82) is 0 Å². The lowest BCUT2D eigenvalue weighted by atomic mass is 10.0. The molecule has 0 saturated carbocycles. The molecule has 4 rings (SSSR count). The highest BCUT2D eigenvalue weighted by Crippen LogP contribution is 2.46. The van der Waals surface area contributed by atoms with E-state index in [1.165, 1.54) is 12.8 Å². The molecule has 0 N–H and O–H groups in total. The minimum absolute atomic E-state index is 0.352. The minimum atomic E-state index is -1.44. The van der Waals surface area contributed by atoms with Crippen LogP contribution in [0.1, 0.15) is 12.8 Å². The Balaban J connectivity index is 1.81. The van der Waals surface area contributed by atoms with E-state index in [-0.39, 0.29) is 0 Å². The first-order valence-electron chi connectivity index (χ1n) is 6.01. The smallest absolute Gasteiger partial charge is 0.184 e. The second-order valence-corrected chi connectivity index (χ2v) is 10.6. The minimum Gasteiger partial charge on any atom is -0.410 e. The number of ether oxygens (including phenoxy) is 1. The van der Waals surface area contributed by atoms with Crippen molar-refractivity contribution in [3.8, 4) is 0 Å². The molecule has 4 heteroatoms. The molecule has 0 aliphatic carbocycles. The Morgan fingerprint density at radius 1 is 1.20 bits per heavy atom. The summed E-state index contributed by atoms with van der Waals surface area (Å²) in [6.07, 6.45) is 3.65. The molecule has 4 aliphatic rings. The van der Waals surface area contributed by atoms with Crippen LogP contribution in [-0.4, -0.2) is 50.7 Å². The SMILES string of the molecule is CN1C2CC3CC1C(O[Si](C)(C)C)C2O3. The Bertz CT molecular complexity index is 276. The number of rotatable bonds is 2. The summed E-state index contributed by atoms with van der Waals surface area (Å²) in [6.45, 7) is 6.81. The van der Waals surface area contributed by atoms with Crippen LogP contribution in [0, 0.1) is 0 Å². The van der Waals surface area contributed by atoms with Gasteiger partial charge in [0.2, 0.25) is 0 Å². The average Bonchev–Trinajstić information content (AvgIpc) is 2.50. The van der Waals surface area contributed by atoms with E-state index < -0.39 is 8.32 Å². The average molecular weight is 227 g/mol. The Hall–Kier alpha value is 0.0969. The van der Waals surface area contributed by atoms with Crippen LogP contribution < -0.4 is 0 Å². The van der Waals surface area contributed by atoms with Gasteiger partial charge in [0, 0.05) is 12.1 Å². The van der Waals surface area contributed by atoms with Crippen molar-refractivity contribution >= 4 is 8.32 Å². The molecule has 0 spiro atoms. The van der Waals surface area contributed by atoms with Crippen molar-refractivity contribution in [3.05, 3.63) is 0 Å². The zero-order valence-electron chi connectivity index (χ0n) is 10.1. The summed E-state index contributed by atoms with van der Waals surface area (Å²) >= 11 is 0. The summed E-state index contributed by atoms with van der Waals surface area (Å²) in [5, 5.41) is 0. The predicted molar refractivity (Wildman–Crippen MR) is 61.5 cm³/mol. The van der Waals surface area contributed by atoms with Gasteiger partial charge in [-0.15, -0.1) is 0 Å². The second-order valence-electron chi connectivity index (χ2n) is 6.19. The van der Waals surface area contributed by atoms with Crippen LogP contribution in [0.4, 0.5) is 0 Å². The number of piperidine rings is 1. The van der Waals surface area contributed by atoms with Gasteiger partial charge in [0.05, 0.1) is 18.3 Å². The molecule has 0 radical (unpaired) electrons. The molecule has 0 amide bonds. The van der Waals surface area contributed by atoms with Gasteiger partial charge in [0.15, 0.2) is 8.32 Å². The van der Waals surface area contributed by atoms with Crippen molar-refractivity contribution in [1.82, 2.24) is 4.90 Å². The standard InChI is InChI=1S/C11H21NO2Si/c1-12-8-5-7-6-9(12)11(10(8)13-7)14-15(2,3)4/h7-11H,5-6H2,1-4H3. The van der Waals surface area contributed by atoms with E-state index in [9.17, 15) is 0 Å². The van der Waals surface area contributed by atoms with Crippen LogP contribution in [0.2, 0.25) is 19.6 Å². The Morgan fingerprint density at radius 2 is 1.87 bits per heavy atom. The van der Waals surface area contributed by atoms with Gasteiger partial charge >= 0.3 is 0 Å². The molecule has 4 bridgehead atoms. The number of hydrogen-bond acceptors (Lipinski definition) is 3. The van der Waals surface area contributed by atoms with Gasteiger partial charge in [-0.3, -0.25) is 4.90 Å². The van der Waals surface area contributed by atoms with Crippen molar-refractivity contribution in [2.75, 3.05) is 7.05 Å². The van der Waals surface area contributed by atoms with Gasteiger partial charge in [0.1, 0.15) is 0 Å². The first-order chi connectivity index (χ1) is 6.96.